The molecule has 0 aliphatic carbocycles. The number of hydrogen-bond donors (Lipinski definition) is 4. The van der Waals surface area contributed by atoms with Crippen LogP contribution in [0.3, 0.4) is 0 Å². The van der Waals surface area contributed by atoms with Gasteiger partial charge < -0.3 is 0 Å². The largest absolute Gasteiger partial charge is 0.297 e. The van der Waals surface area contributed by atoms with Crippen molar-refractivity contribution in [1.82, 2.24) is 39.9 Å². The third-order valence-electron chi connectivity index (χ3n) is 2.11. The molecule has 0 saturated heterocycles. The summed E-state index contributed by atoms with van der Waals surface area (Å²) in [6.45, 7) is 3.79. The van der Waals surface area contributed by atoms with Gasteiger partial charge in [-0.2, -0.15) is 15.3 Å². The Morgan fingerprint density at radius 3 is 1.46 bits per heavy atom. The van der Waals surface area contributed by atoms with E-state index in [1.807, 2.05) is 13.8 Å². The summed E-state index contributed by atoms with van der Waals surface area (Å²) < 4.78 is 7.47. The molecule has 4 heterocycles. The zero-order valence-corrected chi connectivity index (χ0v) is 22.0. The Morgan fingerprint density at radius 2 is 1.25 bits per heavy atom. The Kier molecular flexibility index (Phi) is 10.8. The summed E-state index contributed by atoms with van der Waals surface area (Å²) in [5, 5.41) is 20.9. The fraction of sp³-hybridized carbons (Fsp3) is 0.200. The van der Waals surface area contributed by atoms with E-state index in [-0.39, 0.29) is 0 Å². The Labute approximate surface area is 203 Å². The second-order valence-corrected chi connectivity index (χ2v) is 13.5. The molecule has 0 unspecified atom stereocenters. The maximum Gasteiger partial charge on any atom is 0.198 e. The molecule has 28 heavy (non-hydrogen) atoms. The van der Waals surface area contributed by atoms with Gasteiger partial charge in [-0.05, 0) is 95.8 Å². The maximum absolute atomic E-state index is 4.91. The number of rotatable bonds is 3. The standard InChI is InChI=1S/C4H2N4S6.2C3H4N2S2/c9-1-5-7-3(11-1)13-14-4-8-6-2(10)12-4;1-2-4-5-3(6)7-2;1-2-4-3(6)7-5-2/h(H,5,9)(H,6,10);1H3,(H,5,6);1H3,(H,4,5,6). The summed E-state index contributed by atoms with van der Waals surface area (Å²) in [5.74, 6) is 0.898. The lowest BCUT2D eigenvalue weighted by Crippen LogP contribution is -1.68. The van der Waals surface area contributed by atoms with E-state index in [0.29, 0.717) is 11.9 Å². The maximum atomic E-state index is 4.91. The summed E-state index contributed by atoms with van der Waals surface area (Å²) in [4.78, 5) is 3.89. The zero-order chi connectivity index (χ0) is 20.5. The minimum atomic E-state index is 0.678. The lowest BCUT2D eigenvalue weighted by atomic mass is 10.8. The molecule has 8 nitrogen and oxygen atoms in total. The fourth-order valence-electron chi connectivity index (χ4n) is 1.18. The number of hydrogen-bond acceptors (Lipinski definition) is 14. The van der Waals surface area contributed by atoms with E-state index in [2.05, 4.69) is 39.9 Å². The summed E-state index contributed by atoms with van der Waals surface area (Å²) in [6, 6.07) is 0. The molecular weight excluding hydrogens is 553 g/mol. The smallest absolute Gasteiger partial charge is 0.198 e. The molecule has 4 aromatic heterocycles. The van der Waals surface area contributed by atoms with Crippen LogP contribution in [0.4, 0.5) is 0 Å². The van der Waals surface area contributed by atoms with E-state index in [0.717, 1.165) is 23.5 Å². The van der Waals surface area contributed by atoms with Crippen molar-refractivity contribution in [3.63, 3.8) is 0 Å². The van der Waals surface area contributed by atoms with Crippen LogP contribution in [0.2, 0.25) is 0 Å². The summed E-state index contributed by atoms with van der Waals surface area (Å²) in [6.07, 6.45) is 0. The predicted molar refractivity (Wildman–Crippen MR) is 130 cm³/mol. The number of aromatic amines is 4. The van der Waals surface area contributed by atoms with Gasteiger partial charge in [-0.25, -0.2) is 4.98 Å². The van der Waals surface area contributed by atoms with Gasteiger partial charge in [0, 0.05) is 0 Å². The highest BCUT2D eigenvalue weighted by Gasteiger charge is 2.03. The third kappa shape index (κ3) is 9.55. The van der Waals surface area contributed by atoms with E-state index in [9.17, 15) is 0 Å². The summed E-state index contributed by atoms with van der Waals surface area (Å²) >= 11 is 25.0. The first kappa shape index (κ1) is 24.1. The molecule has 4 aromatic rings. The summed E-state index contributed by atoms with van der Waals surface area (Å²) in [7, 11) is 3.03. The molecule has 4 N–H and O–H groups in total. The van der Waals surface area contributed by atoms with E-state index in [1.165, 1.54) is 67.1 Å². The number of nitrogens with one attached hydrogen (secondary N) is 4. The first-order valence-corrected chi connectivity index (χ1v) is 13.9. The molecule has 0 atom stereocenters. The van der Waals surface area contributed by atoms with Crippen LogP contribution in [0.5, 0.6) is 0 Å². The highest BCUT2D eigenvalue weighted by molar-refractivity contribution is 8.77. The van der Waals surface area contributed by atoms with Gasteiger partial charge in [0.05, 0.1) is 0 Å². The average Bonchev–Trinajstić information content (AvgIpc) is 3.40. The molecule has 0 aliphatic rings. The molecule has 150 valence electrons. The van der Waals surface area contributed by atoms with Gasteiger partial charge in [-0.3, -0.25) is 19.7 Å². The van der Waals surface area contributed by atoms with Gasteiger partial charge in [0.25, 0.3) is 0 Å². The molecule has 0 amide bonds. The van der Waals surface area contributed by atoms with E-state index < -0.39 is 0 Å². The van der Waals surface area contributed by atoms with Gasteiger partial charge in [-0.15, -0.1) is 0 Å². The molecule has 0 radical (unpaired) electrons. The Morgan fingerprint density at radius 1 is 0.750 bits per heavy atom. The minimum Gasteiger partial charge on any atom is -0.297 e. The van der Waals surface area contributed by atoms with Crippen molar-refractivity contribution in [3.8, 4) is 0 Å². The molecule has 4 rings (SSSR count). The van der Waals surface area contributed by atoms with Crippen molar-refractivity contribution in [2.24, 2.45) is 0 Å². The molecule has 0 bridgehead atoms. The Balaban J connectivity index is 0.000000168. The van der Waals surface area contributed by atoms with E-state index in [1.54, 1.807) is 0 Å². The minimum absolute atomic E-state index is 0.678. The van der Waals surface area contributed by atoms with Crippen molar-refractivity contribution in [2.75, 3.05) is 0 Å². The molecule has 0 spiro atoms. The highest BCUT2D eigenvalue weighted by atomic mass is 33.1. The zero-order valence-electron chi connectivity index (χ0n) is 13.9. The van der Waals surface area contributed by atoms with Crippen molar-refractivity contribution in [1.29, 1.82) is 0 Å². The van der Waals surface area contributed by atoms with Crippen LogP contribution in [-0.4, -0.2) is 39.9 Å². The SMILES string of the molecule is Cc1n[nH]c(=S)s1.Cc1nc(=S)s[nH]1.S=c1[nH]nc(SSc2n[nH]c(=S)s2)s1. The molecule has 0 aromatic carbocycles. The molecule has 0 saturated carbocycles. The third-order valence-corrected chi connectivity index (χ3v) is 9.27. The quantitative estimate of drug-likeness (QED) is 0.162. The topological polar surface area (TPSA) is 115 Å². The second-order valence-electron chi connectivity index (χ2n) is 4.22. The Bertz CT molecular complexity index is 1100. The van der Waals surface area contributed by atoms with E-state index in [4.69, 9.17) is 48.9 Å². The average molecular weight is 563 g/mol. The van der Waals surface area contributed by atoms with Gasteiger partial charge in [0.1, 0.15) is 10.8 Å². The normalized spacial score (nSPS) is 9.93. The molecule has 0 fully saturated rings. The van der Waals surface area contributed by atoms with Gasteiger partial charge in [-0.1, -0.05) is 34.0 Å². The molecule has 0 aliphatic heterocycles. The monoisotopic (exact) mass is 562 g/mol. The van der Waals surface area contributed by atoms with Crippen LogP contribution in [0.1, 0.15) is 10.8 Å². The van der Waals surface area contributed by atoms with Gasteiger partial charge >= 0.3 is 0 Å². The van der Waals surface area contributed by atoms with Crippen LogP contribution in [-0.2, 0) is 0 Å². The van der Waals surface area contributed by atoms with Crippen LogP contribution in [0.25, 0.3) is 0 Å². The number of H-pyrrole nitrogens is 4. The van der Waals surface area contributed by atoms with Crippen LogP contribution in [0.15, 0.2) is 8.68 Å². The first-order chi connectivity index (χ1) is 13.3. The fourth-order valence-corrected chi connectivity index (χ4v) is 7.28. The van der Waals surface area contributed by atoms with Crippen molar-refractivity contribution in [2.45, 2.75) is 22.5 Å². The van der Waals surface area contributed by atoms with Crippen molar-refractivity contribution < 1.29 is 0 Å². The van der Waals surface area contributed by atoms with Crippen LogP contribution in [0, 0.1) is 29.7 Å². The molecule has 18 heteroatoms. The van der Waals surface area contributed by atoms with Gasteiger partial charge in [0.15, 0.2) is 24.5 Å². The molecular formula is C10H10N8S10. The van der Waals surface area contributed by atoms with Crippen molar-refractivity contribution in [3.05, 3.63) is 26.6 Å². The highest BCUT2D eigenvalue weighted by Crippen LogP contribution is 2.38. The number of aryl methyl sites for hydroxylation is 2. The van der Waals surface area contributed by atoms with Crippen LogP contribution >= 0.6 is 116 Å². The number of aromatic nitrogens is 8. The van der Waals surface area contributed by atoms with Crippen molar-refractivity contribution >= 4 is 116 Å². The second kappa shape index (κ2) is 12.5. The predicted octanol–water partition coefficient (Wildman–Crippen LogP) is 6.53. The van der Waals surface area contributed by atoms with E-state index >= 15 is 0 Å². The summed E-state index contributed by atoms with van der Waals surface area (Å²) in [5.41, 5.74) is 0. The lowest BCUT2D eigenvalue weighted by Gasteiger charge is -1.87. The number of nitrogens with zero attached hydrogens (tertiary/aromatic N) is 4. The van der Waals surface area contributed by atoms with Crippen LogP contribution < -0.4 is 0 Å². The first-order valence-electron chi connectivity index (χ1n) is 6.81. The van der Waals surface area contributed by atoms with Gasteiger partial charge in [0.2, 0.25) is 0 Å². The Hall–Kier alpha value is -0.180. The lowest BCUT2D eigenvalue weighted by molar-refractivity contribution is 1.00.